The van der Waals surface area contributed by atoms with Crippen molar-refractivity contribution in [1.82, 2.24) is 5.06 Å². The molecule has 0 saturated carbocycles. The number of hydroxylamine groups is 3. The van der Waals surface area contributed by atoms with Crippen LogP contribution in [0, 0.1) is 12.1 Å². The largest absolute Gasteiger partial charge is 0.622 e. The van der Waals surface area contributed by atoms with Crippen molar-refractivity contribution in [1.29, 1.82) is 0 Å². The summed E-state index contributed by atoms with van der Waals surface area (Å²) in [6, 6.07) is 16.8. The first-order chi connectivity index (χ1) is 10.5. The van der Waals surface area contributed by atoms with Crippen LogP contribution < -0.4 is 0 Å². The summed E-state index contributed by atoms with van der Waals surface area (Å²) >= 11 is 0. The quantitative estimate of drug-likeness (QED) is 0.683. The molecule has 0 fully saturated rings. The van der Waals surface area contributed by atoms with Crippen molar-refractivity contribution in [3.63, 3.8) is 0 Å². The summed E-state index contributed by atoms with van der Waals surface area (Å²) in [6.07, 6.45) is 0. The third kappa shape index (κ3) is 2.03. The van der Waals surface area contributed by atoms with Gasteiger partial charge in [-0.15, -0.1) is 5.06 Å². The van der Waals surface area contributed by atoms with E-state index in [0.717, 1.165) is 26.5 Å². The molecule has 0 aromatic heterocycles. The molecular formula is C18H20N2O2. The standard InChI is InChI=1S/C18H20N2O2/c1-13-9-11-16(12-10-13)18(3)19(21)14(2)17(20(18)22)15-7-5-4-6-8-15/h4-12,14,21H,1-3H3/t14-,18-/m1/s1. The van der Waals surface area contributed by atoms with Gasteiger partial charge in [0.05, 0.1) is 0 Å². The molecule has 0 saturated heterocycles. The van der Waals surface area contributed by atoms with Crippen molar-refractivity contribution in [3.8, 4) is 0 Å². The van der Waals surface area contributed by atoms with E-state index in [9.17, 15) is 10.4 Å². The molecule has 0 unspecified atom stereocenters. The van der Waals surface area contributed by atoms with Crippen LogP contribution in [0.4, 0.5) is 0 Å². The van der Waals surface area contributed by atoms with Gasteiger partial charge in [-0.1, -0.05) is 48.0 Å². The van der Waals surface area contributed by atoms with E-state index in [1.807, 2.05) is 68.4 Å². The summed E-state index contributed by atoms with van der Waals surface area (Å²) in [6.45, 7) is 5.58. The van der Waals surface area contributed by atoms with E-state index in [0.29, 0.717) is 5.71 Å². The van der Waals surface area contributed by atoms with E-state index in [2.05, 4.69) is 0 Å². The minimum Gasteiger partial charge on any atom is -0.622 e. The smallest absolute Gasteiger partial charge is 0.274 e. The molecule has 1 N–H and O–H groups in total. The highest BCUT2D eigenvalue weighted by Crippen LogP contribution is 2.36. The first kappa shape index (κ1) is 14.8. The highest BCUT2D eigenvalue weighted by Gasteiger charge is 2.54. The molecular weight excluding hydrogens is 276 g/mol. The van der Waals surface area contributed by atoms with Gasteiger partial charge in [-0.05, 0) is 26.0 Å². The van der Waals surface area contributed by atoms with Crippen LogP contribution in [0.5, 0.6) is 0 Å². The lowest BCUT2D eigenvalue weighted by atomic mass is 10.0. The zero-order chi connectivity index (χ0) is 15.9. The molecule has 4 heteroatoms. The summed E-state index contributed by atoms with van der Waals surface area (Å²) in [5.41, 5.74) is 2.17. The monoisotopic (exact) mass is 296 g/mol. The maximum atomic E-state index is 13.0. The van der Waals surface area contributed by atoms with Crippen molar-refractivity contribution in [2.45, 2.75) is 32.5 Å². The molecule has 4 nitrogen and oxygen atoms in total. The Morgan fingerprint density at radius 3 is 2.27 bits per heavy atom. The molecule has 0 bridgehead atoms. The molecule has 2 atom stereocenters. The topological polar surface area (TPSA) is 49.5 Å². The molecule has 1 aliphatic rings. The SMILES string of the molecule is Cc1ccc([C@]2(C)N(O)[C@H](C)C(c3ccccc3)=[N+]2[O-])cc1. The number of hydrogen-bond donors (Lipinski definition) is 1. The van der Waals surface area contributed by atoms with Gasteiger partial charge >= 0.3 is 0 Å². The first-order valence-corrected chi connectivity index (χ1v) is 7.41. The van der Waals surface area contributed by atoms with Gasteiger partial charge in [0.15, 0.2) is 0 Å². The third-order valence-electron chi connectivity index (χ3n) is 4.49. The van der Waals surface area contributed by atoms with Gasteiger partial charge in [0.1, 0.15) is 6.04 Å². The average molecular weight is 296 g/mol. The van der Waals surface area contributed by atoms with Crippen LogP contribution in [0.15, 0.2) is 54.6 Å². The molecule has 0 aliphatic carbocycles. The van der Waals surface area contributed by atoms with Gasteiger partial charge < -0.3 is 10.4 Å². The minimum absolute atomic E-state index is 0.383. The fourth-order valence-electron chi connectivity index (χ4n) is 3.08. The average Bonchev–Trinajstić information content (AvgIpc) is 2.71. The van der Waals surface area contributed by atoms with Crippen LogP contribution in [-0.2, 0) is 5.66 Å². The Morgan fingerprint density at radius 1 is 1.09 bits per heavy atom. The van der Waals surface area contributed by atoms with Gasteiger partial charge in [0, 0.05) is 18.1 Å². The second kappa shape index (κ2) is 5.23. The number of hydrogen-bond acceptors (Lipinski definition) is 3. The zero-order valence-electron chi connectivity index (χ0n) is 13.0. The van der Waals surface area contributed by atoms with Crippen LogP contribution in [-0.4, -0.2) is 26.8 Å². The normalized spacial score (nSPS) is 25.7. The maximum absolute atomic E-state index is 13.0. The van der Waals surface area contributed by atoms with Crippen molar-refractivity contribution >= 4 is 5.71 Å². The van der Waals surface area contributed by atoms with E-state index < -0.39 is 5.66 Å². The summed E-state index contributed by atoms with van der Waals surface area (Å²) in [5, 5.41) is 24.8. The molecule has 1 aliphatic heterocycles. The van der Waals surface area contributed by atoms with Crippen LogP contribution in [0.25, 0.3) is 0 Å². The minimum atomic E-state index is -1.13. The van der Waals surface area contributed by atoms with E-state index in [-0.39, 0.29) is 6.04 Å². The number of nitrogens with zero attached hydrogens (tertiary/aromatic N) is 2. The van der Waals surface area contributed by atoms with Gasteiger partial charge in [0.25, 0.3) is 5.66 Å². The Kier molecular flexibility index (Phi) is 3.51. The fourth-order valence-corrected chi connectivity index (χ4v) is 3.08. The van der Waals surface area contributed by atoms with Crippen molar-refractivity contribution < 1.29 is 9.95 Å². The van der Waals surface area contributed by atoms with Crippen LogP contribution in [0.2, 0.25) is 0 Å². The molecule has 22 heavy (non-hydrogen) atoms. The summed E-state index contributed by atoms with van der Waals surface area (Å²) < 4.78 is 0.928. The van der Waals surface area contributed by atoms with Gasteiger partial charge in [-0.3, -0.25) is 0 Å². The molecule has 2 aromatic carbocycles. The first-order valence-electron chi connectivity index (χ1n) is 7.41. The Bertz CT molecular complexity index is 710. The summed E-state index contributed by atoms with van der Waals surface area (Å²) in [5.74, 6) is 0. The number of rotatable bonds is 2. The molecule has 3 rings (SSSR count). The molecule has 0 amide bonds. The predicted octanol–water partition coefficient (Wildman–Crippen LogP) is 3.26. The van der Waals surface area contributed by atoms with Gasteiger partial charge in [-0.2, -0.15) is 4.74 Å². The van der Waals surface area contributed by atoms with Crippen LogP contribution >= 0.6 is 0 Å². The molecule has 0 spiro atoms. The van der Waals surface area contributed by atoms with Crippen LogP contribution in [0.1, 0.15) is 30.5 Å². The summed E-state index contributed by atoms with van der Waals surface area (Å²) in [4.78, 5) is 0. The van der Waals surface area contributed by atoms with E-state index >= 15 is 0 Å². The van der Waals surface area contributed by atoms with Gasteiger partial charge in [0.2, 0.25) is 5.71 Å². The van der Waals surface area contributed by atoms with E-state index in [1.165, 1.54) is 0 Å². The van der Waals surface area contributed by atoms with Crippen molar-refractivity contribution in [3.05, 3.63) is 76.5 Å². The Balaban J connectivity index is 2.16. The Hall–Kier alpha value is -2.17. The molecule has 1 heterocycles. The maximum Gasteiger partial charge on any atom is 0.274 e. The molecule has 2 aromatic rings. The van der Waals surface area contributed by atoms with Crippen molar-refractivity contribution in [2.75, 3.05) is 0 Å². The van der Waals surface area contributed by atoms with E-state index in [4.69, 9.17) is 0 Å². The lowest BCUT2D eigenvalue weighted by molar-refractivity contribution is -0.595. The van der Waals surface area contributed by atoms with Crippen LogP contribution in [0.3, 0.4) is 0 Å². The Labute approximate surface area is 130 Å². The lowest BCUT2D eigenvalue weighted by Crippen LogP contribution is -2.45. The second-order valence-electron chi connectivity index (χ2n) is 5.95. The molecule has 0 radical (unpaired) electrons. The highest BCUT2D eigenvalue weighted by molar-refractivity contribution is 6.01. The Morgan fingerprint density at radius 2 is 1.68 bits per heavy atom. The lowest BCUT2D eigenvalue weighted by Gasteiger charge is -2.29. The van der Waals surface area contributed by atoms with E-state index in [1.54, 1.807) is 6.92 Å². The number of benzene rings is 2. The predicted molar refractivity (Wildman–Crippen MR) is 85.8 cm³/mol. The third-order valence-corrected chi connectivity index (χ3v) is 4.49. The number of aryl methyl sites for hydroxylation is 1. The second-order valence-corrected chi connectivity index (χ2v) is 5.95. The fraction of sp³-hybridized carbons (Fsp3) is 0.278. The highest BCUT2D eigenvalue weighted by atomic mass is 16.6. The zero-order valence-corrected chi connectivity index (χ0v) is 13.0. The van der Waals surface area contributed by atoms with Crippen molar-refractivity contribution in [2.24, 2.45) is 0 Å². The molecule has 114 valence electrons. The summed E-state index contributed by atoms with van der Waals surface area (Å²) in [7, 11) is 0. The van der Waals surface area contributed by atoms with Gasteiger partial charge in [-0.25, -0.2) is 0 Å².